The van der Waals surface area contributed by atoms with E-state index in [0.29, 0.717) is 17.4 Å². The van der Waals surface area contributed by atoms with Gasteiger partial charge >= 0.3 is 0 Å². The van der Waals surface area contributed by atoms with Crippen LogP contribution in [0.3, 0.4) is 0 Å². The molecule has 0 spiro atoms. The van der Waals surface area contributed by atoms with Crippen molar-refractivity contribution in [3.8, 4) is 11.6 Å². The van der Waals surface area contributed by atoms with E-state index in [1.807, 2.05) is 12.1 Å². The summed E-state index contributed by atoms with van der Waals surface area (Å²) in [6.45, 7) is 0. The molecule has 0 aliphatic heterocycles. The Morgan fingerprint density at radius 3 is 2.74 bits per heavy atom. The zero-order chi connectivity index (χ0) is 12.6. The molecule has 0 atom stereocenters. The van der Waals surface area contributed by atoms with E-state index in [1.54, 1.807) is 6.20 Å². The summed E-state index contributed by atoms with van der Waals surface area (Å²) in [5.41, 5.74) is 6.52. The minimum absolute atomic E-state index is 0. The van der Waals surface area contributed by atoms with Gasteiger partial charge in [-0.3, -0.25) is 0 Å². The third-order valence-electron chi connectivity index (χ3n) is 3.33. The molecule has 0 amide bonds. The molecule has 2 heterocycles. The van der Waals surface area contributed by atoms with Crippen molar-refractivity contribution in [1.29, 1.82) is 0 Å². The average molecular weight is 346 g/mol. The molecule has 0 radical (unpaired) electrons. The fourth-order valence-corrected chi connectivity index (χ4v) is 2.72. The van der Waals surface area contributed by atoms with Gasteiger partial charge in [-0.1, -0.05) is 18.0 Å². The molecule has 0 saturated heterocycles. The van der Waals surface area contributed by atoms with Crippen molar-refractivity contribution in [2.24, 2.45) is 5.73 Å². The molecule has 1 fully saturated rings. The lowest BCUT2D eigenvalue weighted by atomic mass is 9.99. The quantitative estimate of drug-likeness (QED) is 0.905. The van der Waals surface area contributed by atoms with Gasteiger partial charge < -0.3 is 10.3 Å². The van der Waals surface area contributed by atoms with Crippen molar-refractivity contribution in [1.82, 2.24) is 15.1 Å². The molecule has 5 nitrogen and oxygen atoms in total. The zero-order valence-electron chi connectivity index (χ0n) is 10.2. The lowest BCUT2D eigenvalue weighted by molar-refractivity contribution is 0.372. The number of pyridine rings is 1. The van der Waals surface area contributed by atoms with E-state index in [2.05, 4.69) is 31.1 Å². The maximum Gasteiger partial charge on any atom is 0.277 e. The topological polar surface area (TPSA) is 77.8 Å². The molecule has 1 saturated carbocycles. The highest BCUT2D eigenvalue weighted by Gasteiger charge is 2.36. The molecule has 2 N–H and O–H groups in total. The maximum atomic E-state index is 6.29. The Morgan fingerprint density at radius 1 is 1.32 bits per heavy atom. The molecular weight excluding hydrogens is 332 g/mol. The van der Waals surface area contributed by atoms with Crippen LogP contribution in [0.1, 0.15) is 31.5 Å². The van der Waals surface area contributed by atoms with Gasteiger partial charge in [0, 0.05) is 10.7 Å². The Kier molecular flexibility index (Phi) is 4.23. The summed E-state index contributed by atoms with van der Waals surface area (Å²) in [4.78, 5) is 8.63. The van der Waals surface area contributed by atoms with Crippen molar-refractivity contribution >= 4 is 28.3 Å². The highest BCUT2D eigenvalue weighted by molar-refractivity contribution is 9.10. The standard InChI is InChI=1S/C12H13BrN4O.ClH/c13-8-4-3-7-15-9(8)10-16-11(17-18-10)12(14)5-1-2-6-12;/h3-4,7H,1-2,5-6,14H2;1H. The molecule has 2 aromatic heterocycles. The molecule has 102 valence electrons. The van der Waals surface area contributed by atoms with Crippen LogP contribution in [0.25, 0.3) is 11.6 Å². The van der Waals surface area contributed by atoms with Gasteiger partial charge in [0.15, 0.2) is 5.82 Å². The van der Waals surface area contributed by atoms with Crippen LogP contribution in [0.15, 0.2) is 27.3 Å². The van der Waals surface area contributed by atoms with Crippen molar-refractivity contribution in [2.45, 2.75) is 31.2 Å². The average Bonchev–Trinajstić information content (AvgIpc) is 2.99. The highest BCUT2D eigenvalue weighted by atomic mass is 79.9. The number of nitrogens with zero attached hydrogens (tertiary/aromatic N) is 3. The van der Waals surface area contributed by atoms with E-state index in [1.165, 1.54) is 0 Å². The fourth-order valence-electron chi connectivity index (χ4n) is 2.29. The largest absolute Gasteiger partial charge is 0.332 e. The summed E-state index contributed by atoms with van der Waals surface area (Å²) < 4.78 is 6.11. The van der Waals surface area contributed by atoms with Crippen LogP contribution in [0, 0.1) is 0 Å². The number of hydrogen-bond donors (Lipinski definition) is 1. The number of hydrogen-bond acceptors (Lipinski definition) is 5. The van der Waals surface area contributed by atoms with Gasteiger partial charge in [0.2, 0.25) is 0 Å². The van der Waals surface area contributed by atoms with E-state index in [4.69, 9.17) is 10.3 Å². The molecule has 0 unspecified atom stereocenters. The molecule has 7 heteroatoms. The normalized spacial score (nSPS) is 17.2. The smallest absolute Gasteiger partial charge is 0.277 e. The predicted molar refractivity (Wildman–Crippen MR) is 76.8 cm³/mol. The van der Waals surface area contributed by atoms with Crippen LogP contribution >= 0.6 is 28.3 Å². The van der Waals surface area contributed by atoms with E-state index in [0.717, 1.165) is 30.2 Å². The maximum absolute atomic E-state index is 6.29. The van der Waals surface area contributed by atoms with E-state index < -0.39 is 5.54 Å². The Morgan fingerprint density at radius 2 is 2.05 bits per heavy atom. The summed E-state index contributed by atoms with van der Waals surface area (Å²) in [6, 6.07) is 3.73. The molecule has 2 aromatic rings. The second-order valence-electron chi connectivity index (χ2n) is 4.62. The van der Waals surface area contributed by atoms with E-state index in [9.17, 15) is 0 Å². The van der Waals surface area contributed by atoms with E-state index >= 15 is 0 Å². The minimum atomic E-state index is -0.428. The summed E-state index contributed by atoms with van der Waals surface area (Å²) in [5.74, 6) is 1.00. The first-order valence-corrected chi connectivity index (χ1v) is 6.72. The number of rotatable bonds is 2. The Bertz CT molecular complexity index is 568. The molecule has 3 rings (SSSR count). The lowest BCUT2D eigenvalue weighted by Gasteiger charge is -2.17. The zero-order valence-corrected chi connectivity index (χ0v) is 12.6. The Balaban J connectivity index is 0.00000133. The van der Waals surface area contributed by atoms with Crippen molar-refractivity contribution in [3.63, 3.8) is 0 Å². The first-order chi connectivity index (χ1) is 8.69. The van der Waals surface area contributed by atoms with Crippen molar-refractivity contribution in [3.05, 3.63) is 28.6 Å². The van der Waals surface area contributed by atoms with Crippen molar-refractivity contribution in [2.75, 3.05) is 0 Å². The van der Waals surface area contributed by atoms with Gasteiger partial charge in [0.05, 0.1) is 5.54 Å². The third-order valence-corrected chi connectivity index (χ3v) is 3.97. The van der Waals surface area contributed by atoms with Crippen LogP contribution in [0.5, 0.6) is 0 Å². The predicted octanol–water partition coefficient (Wildman–Crippen LogP) is 3.04. The molecule has 19 heavy (non-hydrogen) atoms. The van der Waals surface area contributed by atoms with Gasteiger partial charge in [-0.15, -0.1) is 12.4 Å². The number of aromatic nitrogens is 3. The fraction of sp³-hybridized carbons (Fsp3) is 0.417. The molecule has 1 aliphatic rings. The summed E-state index contributed by atoms with van der Waals surface area (Å²) in [5, 5.41) is 4.02. The third kappa shape index (κ3) is 2.66. The first-order valence-electron chi connectivity index (χ1n) is 5.93. The Labute approximate surface area is 125 Å². The minimum Gasteiger partial charge on any atom is -0.332 e. The summed E-state index contributed by atoms with van der Waals surface area (Å²) >= 11 is 3.42. The van der Waals surface area contributed by atoms with Crippen LogP contribution in [-0.2, 0) is 5.54 Å². The highest BCUT2D eigenvalue weighted by Crippen LogP contribution is 2.35. The van der Waals surface area contributed by atoms with Crippen LogP contribution in [-0.4, -0.2) is 15.1 Å². The van der Waals surface area contributed by atoms with Gasteiger partial charge in [-0.25, -0.2) is 4.98 Å². The monoisotopic (exact) mass is 344 g/mol. The van der Waals surface area contributed by atoms with Crippen LogP contribution in [0.4, 0.5) is 0 Å². The van der Waals surface area contributed by atoms with Crippen LogP contribution < -0.4 is 5.73 Å². The number of halogens is 2. The summed E-state index contributed by atoms with van der Waals surface area (Å²) in [6.07, 6.45) is 5.75. The molecular formula is C12H14BrClN4O. The van der Waals surface area contributed by atoms with Gasteiger partial charge in [0.1, 0.15) is 5.69 Å². The van der Waals surface area contributed by atoms with Gasteiger partial charge in [-0.05, 0) is 40.9 Å². The van der Waals surface area contributed by atoms with E-state index in [-0.39, 0.29) is 12.4 Å². The molecule has 1 aliphatic carbocycles. The Hall–Kier alpha value is -0.980. The second kappa shape index (κ2) is 5.56. The van der Waals surface area contributed by atoms with Gasteiger partial charge in [-0.2, -0.15) is 4.98 Å². The van der Waals surface area contributed by atoms with Gasteiger partial charge in [0.25, 0.3) is 5.89 Å². The SMILES string of the molecule is Cl.NC1(c2noc(-c3ncccc3Br)n2)CCCC1. The van der Waals surface area contributed by atoms with Crippen molar-refractivity contribution < 1.29 is 4.52 Å². The molecule has 0 aromatic carbocycles. The second-order valence-corrected chi connectivity index (χ2v) is 5.47. The summed E-state index contributed by atoms with van der Waals surface area (Å²) in [7, 11) is 0. The number of nitrogens with two attached hydrogens (primary N) is 1. The first kappa shape index (κ1) is 14.4. The lowest BCUT2D eigenvalue weighted by Crippen LogP contribution is -2.34. The van der Waals surface area contributed by atoms with Crippen LogP contribution in [0.2, 0.25) is 0 Å². The molecule has 0 bridgehead atoms.